The molecular formula is C10H9F2N3. The quantitative estimate of drug-likeness (QED) is 0.756. The van der Waals surface area contributed by atoms with Crippen molar-refractivity contribution < 1.29 is 8.78 Å². The molecule has 0 unspecified atom stereocenters. The second kappa shape index (κ2) is 3.34. The zero-order chi connectivity index (χ0) is 11.0. The van der Waals surface area contributed by atoms with Gasteiger partial charge in [-0.25, -0.2) is 8.78 Å². The van der Waals surface area contributed by atoms with Gasteiger partial charge in [-0.2, -0.15) is 5.10 Å². The van der Waals surface area contributed by atoms with Crippen LogP contribution in [-0.2, 0) is 0 Å². The summed E-state index contributed by atoms with van der Waals surface area (Å²) in [6.07, 6.45) is 0. The van der Waals surface area contributed by atoms with Gasteiger partial charge in [0.15, 0.2) is 0 Å². The Labute approximate surface area is 84.9 Å². The van der Waals surface area contributed by atoms with Gasteiger partial charge < -0.3 is 5.73 Å². The lowest BCUT2D eigenvalue weighted by Gasteiger charge is -2.02. The van der Waals surface area contributed by atoms with Gasteiger partial charge >= 0.3 is 0 Å². The lowest BCUT2D eigenvalue weighted by atomic mass is 10.1. The highest BCUT2D eigenvalue weighted by Crippen LogP contribution is 2.23. The van der Waals surface area contributed by atoms with Crippen LogP contribution >= 0.6 is 0 Å². The van der Waals surface area contributed by atoms with Crippen LogP contribution in [0.15, 0.2) is 18.2 Å². The average molecular weight is 209 g/mol. The molecule has 0 spiro atoms. The van der Waals surface area contributed by atoms with Crippen LogP contribution < -0.4 is 5.73 Å². The summed E-state index contributed by atoms with van der Waals surface area (Å²) in [4.78, 5) is 0. The maximum atomic E-state index is 13.2. The number of nitrogen functional groups attached to an aromatic ring is 1. The molecule has 5 heteroatoms. The maximum absolute atomic E-state index is 13.2. The van der Waals surface area contributed by atoms with Gasteiger partial charge in [-0.05, 0) is 19.1 Å². The smallest absolute Gasteiger partial charge is 0.145 e. The van der Waals surface area contributed by atoms with Gasteiger partial charge in [-0.1, -0.05) is 0 Å². The van der Waals surface area contributed by atoms with Gasteiger partial charge in [0.25, 0.3) is 0 Å². The Hall–Kier alpha value is -1.91. The normalized spacial score (nSPS) is 10.6. The summed E-state index contributed by atoms with van der Waals surface area (Å²) < 4.78 is 26.5. The standard InChI is InChI=1S/C10H9F2N3/c1-5-7(11)2-6(3-8(5)12)9-4-10(13)15-14-9/h2-4H,1H3,(H3,13,14,15). The molecule has 0 atom stereocenters. The highest BCUT2D eigenvalue weighted by Gasteiger charge is 2.09. The third-order valence-electron chi connectivity index (χ3n) is 2.19. The third-order valence-corrected chi connectivity index (χ3v) is 2.19. The first kappa shape index (κ1) is 9.64. The van der Waals surface area contributed by atoms with E-state index < -0.39 is 11.6 Å². The minimum atomic E-state index is -0.585. The van der Waals surface area contributed by atoms with Crippen molar-refractivity contribution in [1.82, 2.24) is 10.2 Å². The van der Waals surface area contributed by atoms with Crippen LogP contribution in [0.1, 0.15) is 5.56 Å². The largest absolute Gasteiger partial charge is 0.382 e. The molecule has 0 aliphatic rings. The van der Waals surface area contributed by atoms with Crippen molar-refractivity contribution in [1.29, 1.82) is 0 Å². The number of anilines is 1. The monoisotopic (exact) mass is 209 g/mol. The molecular weight excluding hydrogens is 200 g/mol. The van der Waals surface area contributed by atoms with E-state index >= 15 is 0 Å². The van der Waals surface area contributed by atoms with Crippen LogP contribution in [0.25, 0.3) is 11.3 Å². The SMILES string of the molecule is Cc1c(F)cc(-c2cc(N)n[nH]2)cc1F. The zero-order valence-electron chi connectivity index (χ0n) is 8.01. The summed E-state index contributed by atoms with van der Waals surface area (Å²) >= 11 is 0. The highest BCUT2D eigenvalue weighted by molar-refractivity contribution is 5.62. The van der Waals surface area contributed by atoms with E-state index in [1.54, 1.807) is 0 Å². The minimum absolute atomic E-state index is 0.00578. The van der Waals surface area contributed by atoms with Gasteiger partial charge in [0.2, 0.25) is 0 Å². The Kier molecular flexibility index (Phi) is 2.15. The van der Waals surface area contributed by atoms with Gasteiger partial charge in [-0.15, -0.1) is 0 Å². The van der Waals surface area contributed by atoms with Crippen LogP contribution in [0.2, 0.25) is 0 Å². The molecule has 0 aliphatic heterocycles. The lowest BCUT2D eigenvalue weighted by molar-refractivity contribution is 0.569. The van der Waals surface area contributed by atoms with Crippen molar-refractivity contribution in [3.8, 4) is 11.3 Å². The van der Waals surface area contributed by atoms with E-state index in [0.717, 1.165) is 0 Å². The van der Waals surface area contributed by atoms with Gasteiger partial charge in [-0.3, -0.25) is 5.10 Å². The Morgan fingerprint density at radius 1 is 1.20 bits per heavy atom. The van der Waals surface area contributed by atoms with E-state index in [9.17, 15) is 8.78 Å². The molecule has 2 rings (SSSR count). The fourth-order valence-corrected chi connectivity index (χ4v) is 1.29. The number of H-pyrrole nitrogens is 1. The molecule has 0 saturated heterocycles. The molecule has 3 N–H and O–H groups in total. The van der Waals surface area contributed by atoms with E-state index in [0.29, 0.717) is 11.3 Å². The number of nitrogens with one attached hydrogen (secondary N) is 1. The molecule has 0 amide bonds. The lowest BCUT2D eigenvalue weighted by Crippen LogP contribution is -1.90. The number of aromatic nitrogens is 2. The molecule has 1 aromatic heterocycles. The molecule has 0 radical (unpaired) electrons. The number of nitrogens with two attached hydrogens (primary N) is 1. The van der Waals surface area contributed by atoms with Crippen LogP contribution in [0.5, 0.6) is 0 Å². The first-order valence-electron chi connectivity index (χ1n) is 4.35. The van der Waals surface area contributed by atoms with Crippen LogP contribution in [0.3, 0.4) is 0 Å². The average Bonchev–Trinajstić information content (AvgIpc) is 2.60. The van der Waals surface area contributed by atoms with Crippen molar-refractivity contribution in [3.05, 3.63) is 35.4 Å². The molecule has 78 valence electrons. The van der Waals surface area contributed by atoms with E-state index in [1.807, 2.05) is 0 Å². The number of halogens is 2. The number of nitrogens with zero attached hydrogens (tertiary/aromatic N) is 1. The van der Waals surface area contributed by atoms with E-state index in [2.05, 4.69) is 10.2 Å². The van der Waals surface area contributed by atoms with Crippen LogP contribution in [-0.4, -0.2) is 10.2 Å². The first-order chi connectivity index (χ1) is 7.08. The van der Waals surface area contributed by atoms with Crippen LogP contribution in [0, 0.1) is 18.6 Å². The molecule has 1 heterocycles. The minimum Gasteiger partial charge on any atom is -0.382 e. The van der Waals surface area contributed by atoms with Crippen molar-refractivity contribution in [2.24, 2.45) is 0 Å². The third kappa shape index (κ3) is 1.68. The first-order valence-corrected chi connectivity index (χ1v) is 4.35. The van der Waals surface area contributed by atoms with E-state index in [4.69, 9.17) is 5.73 Å². The molecule has 2 aromatic rings. The zero-order valence-corrected chi connectivity index (χ0v) is 8.01. The fourth-order valence-electron chi connectivity index (χ4n) is 1.29. The van der Waals surface area contributed by atoms with Gasteiger partial charge in [0.05, 0.1) is 5.69 Å². The Bertz CT molecular complexity index is 482. The van der Waals surface area contributed by atoms with Gasteiger partial charge in [0.1, 0.15) is 17.5 Å². The topological polar surface area (TPSA) is 54.7 Å². The van der Waals surface area contributed by atoms with Gasteiger partial charge in [0, 0.05) is 17.2 Å². The van der Waals surface area contributed by atoms with Crippen molar-refractivity contribution in [3.63, 3.8) is 0 Å². The predicted molar refractivity (Wildman–Crippen MR) is 53.1 cm³/mol. The van der Waals surface area contributed by atoms with Crippen LogP contribution in [0.4, 0.5) is 14.6 Å². The second-order valence-corrected chi connectivity index (χ2v) is 3.27. The number of rotatable bonds is 1. The Morgan fingerprint density at radius 2 is 1.80 bits per heavy atom. The summed E-state index contributed by atoms with van der Waals surface area (Å²) in [5.41, 5.74) is 6.28. The summed E-state index contributed by atoms with van der Waals surface area (Å²) in [5.74, 6) is -0.886. The van der Waals surface area contributed by atoms with E-state index in [-0.39, 0.29) is 11.4 Å². The second-order valence-electron chi connectivity index (χ2n) is 3.27. The number of aromatic amines is 1. The summed E-state index contributed by atoms with van der Waals surface area (Å²) in [6.45, 7) is 1.38. The molecule has 15 heavy (non-hydrogen) atoms. The highest BCUT2D eigenvalue weighted by atomic mass is 19.1. The number of hydrogen-bond acceptors (Lipinski definition) is 2. The fraction of sp³-hybridized carbons (Fsp3) is 0.100. The summed E-state index contributed by atoms with van der Waals surface area (Å²) in [5, 5.41) is 6.27. The maximum Gasteiger partial charge on any atom is 0.145 e. The van der Waals surface area contributed by atoms with Crippen molar-refractivity contribution >= 4 is 5.82 Å². The summed E-state index contributed by atoms with van der Waals surface area (Å²) in [6, 6.07) is 4.00. The molecule has 3 nitrogen and oxygen atoms in total. The summed E-state index contributed by atoms with van der Waals surface area (Å²) in [7, 11) is 0. The molecule has 0 fully saturated rings. The molecule has 0 saturated carbocycles. The number of benzene rings is 1. The van der Waals surface area contributed by atoms with E-state index in [1.165, 1.54) is 25.1 Å². The molecule has 0 bridgehead atoms. The molecule has 1 aromatic carbocycles. The Balaban J connectivity index is 2.55. The predicted octanol–water partition coefficient (Wildman–Crippen LogP) is 2.25. The number of hydrogen-bond donors (Lipinski definition) is 2. The van der Waals surface area contributed by atoms with Crippen molar-refractivity contribution in [2.75, 3.05) is 5.73 Å². The van der Waals surface area contributed by atoms with Crippen molar-refractivity contribution in [2.45, 2.75) is 6.92 Å². The molecule has 0 aliphatic carbocycles. The Morgan fingerprint density at radius 3 is 2.27 bits per heavy atom.